The van der Waals surface area contributed by atoms with Crippen molar-refractivity contribution in [2.75, 3.05) is 7.05 Å². The van der Waals surface area contributed by atoms with Gasteiger partial charge in [-0.25, -0.2) is 4.98 Å². The van der Waals surface area contributed by atoms with E-state index < -0.39 is 0 Å². The molecule has 3 N–H and O–H groups in total. The number of hydrogen-bond donors (Lipinski definition) is 3. The van der Waals surface area contributed by atoms with E-state index >= 15 is 0 Å². The molecular weight excluding hydrogens is 486 g/mol. The maximum Gasteiger partial charge on any atom is 0.251 e. The fourth-order valence-electron chi connectivity index (χ4n) is 4.39. The summed E-state index contributed by atoms with van der Waals surface area (Å²) < 4.78 is 0. The Balaban J connectivity index is 1.52. The second kappa shape index (κ2) is 13.9. The number of imidazole rings is 1. The van der Waals surface area contributed by atoms with Crippen molar-refractivity contribution in [3.8, 4) is 0 Å². The van der Waals surface area contributed by atoms with E-state index in [1.54, 1.807) is 19.4 Å². The summed E-state index contributed by atoms with van der Waals surface area (Å²) in [6, 6.07) is 7.20. The molecule has 7 heteroatoms. The van der Waals surface area contributed by atoms with Crippen molar-refractivity contribution in [1.29, 1.82) is 0 Å². The van der Waals surface area contributed by atoms with E-state index in [-0.39, 0.29) is 17.9 Å². The number of nitrogens with zero attached hydrogens (tertiary/aromatic N) is 2. The number of benzene rings is 1. The summed E-state index contributed by atoms with van der Waals surface area (Å²) in [6.45, 7) is 4.06. The van der Waals surface area contributed by atoms with E-state index in [0.29, 0.717) is 24.2 Å². The number of carbonyl (C=O) groups is 2. The van der Waals surface area contributed by atoms with Crippen LogP contribution in [0.25, 0.3) is 16.3 Å². The minimum absolute atomic E-state index is 0.0436. The number of carbonyl (C=O) groups excluding carboxylic acids is 2. The Kier molecular flexibility index (Phi) is 9.78. The van der Waals surface area contributed by atoms with Crippen molar-refractivity contribution in [2.45, 2.75) is 44.6 Å². The zero-order valence-electron chi connectivity index (χ0n) is 22.3. The van der Waals surface area contributed by atoms with Crippen molar-refractivity contribution >= 4 is 28.2 Å². The number of aromatic nitrogens is 3. The minimum Gasteiger partial charge on any atom is -0.359 e. The Labute approximate surface area is 229 Å². The molecule has 1 atom stereocenters. The van der Waals surface area contributed by atoms with Crippen LogP contribution in [0.2, 0.25) is 0 Å². The third-order valence-electron chi connectivity index (χ3n) is 6.63. The number of H-pyrrole nitrogens is 1. The van der Waals surface area contributed by atoms with Crippen LogP contribution < -0.4 is 10.6 Å². The third kappa shape index (κ3) is 7.98. The van der Waals surface area contributed by atoms with Gasteiger partial charge in [0.25, 0.3) is 5.91 Å². The monoisotopic (exact) mass is 521 g/mol. The van der Waals surface area contributed by atoms with Crippen LogP contribution in [0.3, 0.4) is 0 Å². The quantitative estimate of drug-likeness (QED) is 0.279. The van der Waals surface area contributed by atoms with Gasteiger partial charge >= 0.3 is 0 Å². The fraction of sp³-hybridized carbons (Fsp3) is 0.250. The number of hydrogen-bond acceptors (Lipinski definition) is 4. The standard InChI is InChI=1S/C32H35N5O2/c1-23-10-6-3-4-7-11-24(15-14-23)29-22-35-31(36-29)28(12-8-5-9-13-30(38)33-2)37-32(39)26-16-17-27-21-34-19-18-25(27)20-26/h3-4,6,10-11,14-22,28H,1,5,7-9,12-13H2,2H3,(H,33,38)(H,35,36)(H,37,39)/b4-3-,10-6-,15-14-,24-11+/t28-/m0/s1. The highest BCUT2D eigenvalue weighted by atomic mass is 16.2. The van der Waals surface area contributed by atoms with Crippen LogP contribution in [0, 0.1) is 0 Å². The molecule has 0 fully saturated rings. The Morgan fingerprint density at radius 1 is 1.05 bits per heavy atom. The molecule has 2 aromatic heterocycles. The zero-order chi connectivity index (χ0) is 27.5. The highest BCUT2D eigenvalue weighted by molar-refractivity contribution is 5.98. The predicted molar refractivity (Wildman–Crippen MR) is 157 cm³/mol. The Bertz CT molecular complexity index is 1440. The highest BCUT2D eigenvalue weighted by Gasteiger charge is 2.19. The van der Waals surface area contributed by atoms with Crippen molar-refractivity contribution in [3.05, 3.63) is 115 Å². The van der Waals surface area contributed by atoms with Gasteiger partial charge in [0, 0.05) is 36.8 Å². The molecule has 7 nitrogen and oxygen atoms in total. The number of pyridine rings is 1. The first-order valence-electron chi connectivity index (χ1n) is 13.3. The van der Waals surface area contributed by atoms with E-state index in [9.17, 15) is 9.59 Å². The lowest BCUT2D eigenvalue weighted by atomic mass is 10.0. The molecule has 1 aromatic carbocycles. The van der Waals surface area contributed by atoms with E-state index in [2.05, 4.69) is 44.3 Å². The Morgan fingerprint density at radius 2 is 1.95 bits per heavy atom. The number of nitrogens with one attached hydrogen (secondary N) is 3. The van der Waals surface area contributed by atoms with Crippen LogP contribution in [0.5, 0.6) is 0 Å². The maximum atomic E-state index is 13.3. The molecular formula is C32H35N5O2. The number of allylic oxidation sites excluding steroid dienone is 9. The molecule has 39 heavy (non-hydrogen) atoms. The van der Waals surface area contributed by atoms with Crippen LogP contribution in [0.4, 0.5) is 0 Å². The SMILES string of the molecule is C=C1/C=C\C=C/C/C=C(c2cnc([C@H](CCCCCC(=O)NC)NC(=O)c3ccc4cnccc4c3)[nH]2)\C=C/1. The molecule has 3 aromatic rings. The van der Waals surface area contributed by atoms with E-state index in [1.165, 1.54) is 0 Å². The van der Waals surface area contributed by atoms with Gasteiger partial charge in [-0.2, -0.15) is 0 Å². The topological polar surface area (TPSA) is 99.8 Å². The average Bonchev–Trinajstić information content (AvgIpc) is 3.45. The zero-order valence-corrected chi connectivity index (χ0v) is 22.3. The Morgan fingerprint density at radius 3 is 2.82 bits per heavy atom. The lowest BCUT2D eigenvalue weighted by Crippen LogP contribution is -2.29. The molecule has 0 spiro atoms. The molecule has 0 aliphatic heterocycles. The molecule has 0 saturated heterocycles. The molecule has 0 unspecified atom stereocenters. The van der Waals surface area contributed by atoms with E-state index in [0.717, 1.165) is 53.3 Å². The van der Waals surface area contributed by atoms with E-state index in [1.807, 2.05) is 60.8 Å². The average molecular weight is 522 g/mol. The van der Waals surface area contributed by atoms with Crippen LogP contribution in [0.1, 0.15) is 66.4 Å². The molecule has 4 rings (SSSR count). The van der Waals surface area contributed by atoms with Gasteiger partial charge in [0.05, 0.1) is 17.9 Å². The smallest absolute Gasteiger partial charge is 0.251 e. The maximum absolute atomic E-state index is 13.3. The summed E-state index contributed by atoms with van der Waals surface area (Å²) in [5.41, 5.74) is 3.37. The first-order chi connectivity index (χ1) is 19.0. The van der Waals surface area contributed by atoms with Crippen LogP contribution in [0.15, 0.2) is 97.5 Å². The Hall–Kier alpha value is -4.52. The van der Waals surface area contributed by atoms with Gasteiger partial charge in [-0.3, -0.25) is 14.6 Å². The number of aromatic amines is 1. The minimum atomic E-state index is -0.304. The second-order valence-electron chi connectivity index (χ2n) is 9.51. The number of amides is 2. The van der Waals surface area contributed by atoms with Crippen LogP contribution in [-0.4, -0.2) is 33.8 Å². The molecule has 1 aliphatic carbocycles. The molecule has 1 aliphatic rings. The third-order valence-corrected chi connectivity index (χ3v) is 6.63. The predicted octanol–water partition coefficient (Wildman–Crippen LogP) is 6.14. The van der Waals surface area contributed by atoms with Crippen molar-refractivity contribution in [3.63, 3.8) is 0 Å². The summed E-state index contributed by atoms with van der Waals surface area (Å²) in [7, 11) is 1.65. The second-order valence-corrected chi connectivity index (χ2v) is 9.51. The highest BCUT2D eigenvalue weighted by Crippen LogP contribution is 2.23. The fourth-order valence-corrected chi connectivity index (χ4v) is 4.39. The molecule has 2 amide bonds. The molecule has 2 heterocycles. The van der Waals surface area contributed by atoms with Gasteiger partial charge in [-0.15, -0.1) is 0 Å². The first-order valence-corrected chi connectivity index (χ1v) is 13.3. The number of unbranched alkanes of at least 4 members (excludes halogenated alkanes) is 2. The van der Waals surface area contributed by atoms with Gasteiger partial charge in [0.2, 0.25) is 5.91 Å². The van der Waals surface area contributed by atoms with Gasteiger partial charge in [0.1, 0.15) is 5.82 Å². The van der Waals surface area contributed by atoms with Crippen molar-refractivity contribution in [1.82, 2.24) is 25.6 Å². The number of rotatable bonds is 10. The lowest BCUT2D eigenvalue weighted by Gasteiger charge is -2.17. The molecule has 0 bridgehead atoms. The summed E-state index contributed by atoms with van der Waals surface area (Å²) in [5, 5.41) is 7.80. The van der Waals surface area contributed by atoms with Gasteiger partial charge in [0.15, 0.2) is 0 Å². The van der Waals surface area contributed by atoms with Crippen LogP contribution >= 0.6 is 0 Å². The number of fused-ring (bicyclic) bond motifs is 1. The van der Waals surface area contributed by atoms with Gasteiger partial charge < -0.3 is 15.6 Å². The summed E-state index contributed by atoms with van der Waals surface area (Å²) >= 11 is 0. The lowest BCUT2D eigenvalue weighted by molar-refractivity contribution is -0.120. The van der Waals surface area contributed by atoms with E-state index in [4.69, 9.17) is 0 Å². The van der Waals surface area contributed by atoms with Crippen molar-refractivity contribution < 1.29 is 9.59 Å². The van der Waals surface area contributed by atoms with Gasteiger partial charge in [-0.1, -0.05) is 68.0 Å². The first kappa shape index (κ1) is 27.5. The summed E-state index contributed by atoms with van der Waals surface area (Å²) in [5.74, 6) is 0.588. The molecule has 0 saturated carbocycles. The van der Waals surface area contributed by atoms with Gasteiger partial charge in [-0.05, 0) is 54.0 Å². The van der Waals surface area contributed by atoms with Crippen molar-refractivity contribution in [2.24, 2.45) is 0 Å². The molecule has 0 radical (unpaired) electrons. The largest absolute Gasteiger partial charge is 0.359 e. The summed E-state index contributed by atoms with van der Waals surface area (Å²) in [6.07, 6.45) is 24.0. The molecule has 200 valence electrons. The normalized spacial score (nSPS) is 18.0. The summed E-state index contributed by atoms with van der Waals surface area (Å²) in [4.78, 5) is 37.2. The van der Waals surface area contributed by atoms with Crippen LogP contribution in [-0.2, 0) is 4.79 Å².